The fourth-order valence-corrected chi connectivity index (χ4v) is 3.38. The highest BCUT2D eigenvalue weighted by molar-refractivity contribution is 5.80. The number of nitriles is 1. The Balaban J connectivity index is 2.62. The van der Waals surface area contributed by atoms with Crippen LogP contribution in [0.4, 0.5) is 11.5 Å². The molecule has 132 valence electrons. The SMILES string of the molecule is CCCc1nc(N)c(C#N)c(-c2ccc(N(CC)CC)cc2)c1CC. The number of aryl methyl sites for hydroxylation is 1. The molecule has 0 unspecified atom stereocenters. The van der Waals surface area contributed by atoms with Crippen LogP contribution in [0, 0.1) is 11.3 Å². The van der Waals surface area contributed by atoms with E-state index < -0.39 is 0 Å². The molecule has 1 aromatic heterocycles. The van der Waals surface area contributed by atoms with Crippen LogP contribution < -0.4 is 10.6 Å². The summed E-state index contributed by atoms with van der Waals surface area (Å²) in [5, 5.41) is 9.64. The third kappa shape index (κ3) is 3.76. The molecule has 0 fully saturated rings. The number of aromatic nitrogens is 1. The number of nitrogens with two attached hydrogens (primary N) is 1. The minimum absolute atomic E-state index is 0.339. The molecular weight excluding hydrogens is 308 g/mol. The lowest BCUT2D eigenvalue weighted by atomic mass is 9.91. The summed E-state index contributed by atoms with van der Waals surface area (Å²) in [6, 6.07) is 10.7. The molecule has 0 aliphatic rings. The van der Waals surface area contributed by atoms with Crippen LogP contribution in [0.5, 0.6) is 0 Å². The molecule has 4 heteroatoms. The van der Waals surface area contributed by atoms with Crippen molar-refractivity contribution >= 4 is 11.5 Å². The van der Waals surface area contributed by atoms with Crippen LogP contribution in [0.3, 0.4) is 0 Å². The molecule has 1 aromatic carbocycles. The highest BCUT2D eigenvalue weighted by Crippen LogP contribution is 2.34. The number of anilines is 2. The quantitative estimate of drug-likeness (QED) is 0.804. The van der Waals surface area contributed by atoms with E-state index in [9.17, 15) is 5.26 Å². The summed E-state index contributed by atoms with van der Waals surface area (Å²) >= 11 is 0. The molecular formula is C21H28N4. The molecule has 0 spiro atoms. The largest absolute Gasteiger partial charge is 0.383 e. The van der Waals surface area contributed by atoms with Gasteiger partial charge in [-0.05, 0) is 49.9 Å². The van der Waals surface area contributed by atoms with Crippen molar-refractivity contribution in [3.63, 3.8) is 0 Å². The maximum Gasteiger partial charge on any atom is 0.142 e. The van der Waals surface area contributed by atoms with Crippen molar-refractivity contribution in [1.29, 1.82) is 5.26 Å². The lowest BCUT2D eigenvalue weighted by molar-refractivity contribution is 0.860. The molecule has 1 heterocycles. The van der Waals surface area contributed by atoms with Crippen molar-refractivity contribution in [3.8, 4) is 17.2 Å². The second-order valence-electron chi connectivity index (χ2n) is 6.11. The fourth-order valence-electron chi connectivity index (χ4n) is 3.38. The first kappa shape index (κ1) is 18.8. The molecule has 0 aliphatic heterocycles. The summed E-state index contributed by atoms with van der Waals surface area (Å²) in [6.45, 7) is 10.5. The molecule has 25 heavy (non-hydrogen) atoms. The zero-order chi connectivity index (χ0) is 18.4. The van der Waals surface area contributed by atoms with Gasteiger partial charge in [-0.2, -0.15) is 5.26 Å². The number of hydrogen-bond acceptors (Lipinski definition) is 4. The Bertz CT molecular complexity index is 753. The Morgan fingerprint density at radius 2 is 1.72 bits per heavy atom. The Kier molecular flexibility index (Phi) is 6.41. The van der Waals surface area contributed by atoms with Gasteiger partial charge in [-0.1, -0.05) is 32.4 Å². The van der Waals surface area contributed by atoms with E-state index in [-0.39, 0.29) is 0 Å². The molecule has 2 rings (SSSR count). The van der Waals surface area contributed by atoms with E-state index in [1.807, 2.05) is 0 Å². The van der Waals surface area contributed by atoms with Gasteiger partial charge in [0.05, 0.1) is 0 Å². The third-order valence-electron chi connectivity index (χ3n) is 4.65. The summed E-state index contributed by atoms with van der Waals surface area (Å²) in [5.74, 6) is 0.339. The fraction of sp³-hybridized carbons (Fsp3) is 0.429. The minimum atomic E-state index is 0.339. The van der Waals surface area contributed by atoms with Crippen molar-refractivity contribution in [2.45, 2.75) is 47.0 Å². The van der Waals surface area contributed by atoms with E-state index in [0.29, 0.717) is 11.4 Å². The van der Waals surface area contributed by atoms with Gasteiger partial charge < -0.3 is 10.6 Å². The van der Waals surface area contributed by atoms with Gasteiger partial charge in [0.15, 0.2) is 0 Å². The molecule has 0 aliphatic carbocycles. The monoisotopic (exact) mass is 336 g/mol. The predicted molar refractivity (Wildman–Crippen MR) is 106 cm³/mol. The van der Waals surface area contributed by atoms with Crippen LogP contribution in [-0.2, 0) is 12.8 Å². The second kappa shape index (κ2) is 8.53. The summed E-state index contributed by atoms with van der Waals surface area (Å²) in [6.07, 6.45) is 2.72. The summed E-state index contributed by atoms with van der Waals surface area (Å²) in [5.41, 5.74) is 11.9. The molecule has 0 amide bonds. The summed E-state index contributed by atoms with van der Waals surface area (Å²) in [7, 11) is 0. The Hall–Kier alpha value is -2.54. The summed E-state index contributed by atoms with van der Waals surface area (Å²) in [4.78, 5) is 6.81. The average molecular weight is 336 g/mol. The standard InChI is InChI=1S/C21H28N4/c1-5-9-19-17(6-2)20(18(14-22)21(23)24-19)15-10-12-16(13-11-15)25(7-3)8-4/h10-13H,5-9H2,1-4H3,(H2,23,24). The van der Waals surface area contributed by atoms with Crippen molar-refractivity contribution in [2.24, 2.45) is 0 Å². The lowest BCUT2D eigenvalue weighted by Gasteiger charge is -2.22. The van der Waals surface area contributed by atoms with Crippen molar-refractivity contribution in [1.82, 2.24) is 4.98 Å². The van der Waals surface area contributed by atoms with E-state index in [1.165, 1.54) is 5.69 Å². The molecule has 0 atom stereocenters. The van der Waals surface area contributed by atoms with E-state index in [4.69, 9.17) is 5.73 Å². The van der Waals surface area contributed by atoms with E-state index in [1.54, 1.807) is 0 Å². The highest BCUT2D eigenvalue weighted by Gasteiger charge is 2.18. The maximum atomic E-state index is 9.64. The Morgan fingerprint density at radius 3 is 2.20 bits per heavy atom. The number of rotatable bonds is 7. The van der Waals surface area contributed by atoms with Gasteiger partial charge in [-0.25, -0.2) is 4.98 Å². The van der Waals surface area contributed by atoms with Gasteiger partial charge in [0.2, 0.25) is 0 Å². The number of hydrogen-bond donors (Lipinski definition) is 1. The lowest BCUT2D eigenvalue weighted by Crippen LogP contribution is -2.21. The van der Waals surface area contributed by atoms with Gasteiger partial charge in [0.1, 0.15) is 17.5 Å². The molecule has 0 radical (unpaired) electrons. The Labute approximate surface area is 151 Å². The highest BCUT2D eigenvalue weighted by atomic mass is 15.1. The third-order valence-corrected chi connectivity index (χ3v) is 4.65. The van der Waals surface area contributed by atoms with Crippen LogP contribution in [0.25, 0.3) is 11.1 Å². The van der Waals surface area contributed by atoms with Crippen LogP contribution in [0.2, 0.25) is 0 Å². The number of nitrogen functional groups attached to an aromatic ring is 1. The molecule has 2 aromatic rings. The maximum absolute atomic E-state index is 9.64. The number of benzene rings is 1. The Morgan fingerprint density at radius 1 is 1.08 bits per heavy atom. The minimum Gasteiger partial charge on any atom is -0.383 e. The first-order valence-corrected chi connectivity index (χ1v) is 9.17. The average Bonchev–Trinajstić information content (AvgIpc) is 2.63. The first-order chi connectivity index (χ1) is 12.1. The first-order valence-electron chi connectivity index (χ1n) is 9.17. The van der Waals surface area contributed by atoms with Crippen LogP contribution >= 0.6 is 0 Å². The van der Waals surface area contributed by atoms with E-state index in [0.717, 1.165) is 54.7 Å². The van der Waals surface area contributed by atoms with Crippen molar-refractivity contribution < 1.29 is 0 Å². The topological polar surface area (TPSA) is 65.9 Å². The van der Waals surface area contributed by atoms with Crippen LogP contribution in [0.1, 0.15) is 50.9 Å². The molecule has 4 nitrogen and oxygen atoms in total. The normalized spacial score (nSPS) is 10.5. The van der Waals surface area contributed by atoms with Gasteiger partial charge in [0.25, 0.3) is 0 Å². The smallest absolute Gasteiger partial charge is 0.142 e. The van der Waals surface area contributed by atoms with E-state index >= 15 is 0 Å². The number of nitrogens with zero attached hydrogens (tertiary/aromatic N) is 3. The molecule has 2 N–H and O–H groups in total. The summed E-state index contributed by atoms with van der Waals surface area (Å²) < 4.78 is 0. The van der Waals surface area contributed by atoms with Crippen LogP contribution in [0.15, 0.2) is 24.3 Å². The molecule has 0 saturated heterocycles. The number of pyridine rings is 1. The van der Waals surface area contributed by atoms with Gasteiger partial charge in [0, 0.05) is 30.0 Å². The second-order valence-corrected chi connectivity index (χ2v) is 6.11. The zero-order valence-corrected chi connectivity index (χ0v) is 15.8. The van der Waals surface area contributed by atoms with Gasteiger partial charge in [-0.15, -0.1) is 0 Å². The van der Waals surface area contributed by atoms with Gasteiger partial charge >= 0.3 is 0 Å². The van der Waals surface area contributed by atoms with Crippen molar-refractivity contribution in [2.75, 3.05) is 23.7 Å². The molecule has 0 bridgehead atoms. The predicted octanol–water partition coefficient (Wildman–Crippen LogP) is 4.56. The van der Waals surface area contributed by atoms with Crippen LogP contribution in [-0.4, -0.2) is 18.1 Å². The van der Waals surface area contributed by atoms with Crippen molar-refractivity contribution in [3.05, 3.63) is 41.1 Å². The van der Waals surface area contributed by atoms with Gasteiger partial charge in [-0.3, -0.25) is 0 Å². The molecule has 0 saturated carbocycles. The zero-order valence-electron chi connectivity index (χ0n) is 15.8. The van der Waals surface area contributed by atoms with E-state index in [2.05, 4.69) is 67.9 Å².